The highest BCUT2D eigenvalue weighted by molar-refractivity contribution is 5.68. The van der Waals surface area contributed by atoms with Crippen LogP contribution in [0.4, 0.5) is 0 Å². The number of esters is 1. The molecule has 0 aromatic heterocycles. The van der Waals surface area contributed by atoms with Crippen molar-refractivity contribution in [3.8, 4) is 0 Å². The minimum atomic E-state index is -0.495. The Labute approximate surface area is 139 Å². The van der Waals surface area contributed by atoms with Gasteiger partial charge in [0.15, 0.2) is 0 Å². The van der Waals surface area contributed by atoms with Crippen LogP contribution in [0.3, 0.4) is 0 Å². The van der Waals surface area contributed by atoms with Crippen LogP contribution in [0.1, 0.15) is 51.4 Å². The van der Waals surface area contributed by atoms with E-state index in [0.717, 1.165) is 25.7 Å². The van der Waals surface area contributed by atoms with Crippen LogP contribution < -0.4 is 0 Å². The predicted molar refractivity (Wildman–Crippen MR) is 91.9 cm³/mol. The Morgan fingerprint density at radius 3 is 2.39 bits per heavy atom. The highest BCUT2D eigenvalue weighted by Crippen LogP contribution is 2.28. The molecule has 4 heteroatoms. The summed E-state index contributed by atoms with van der Waals surface area (Å²) in [4.78, 5) is 10.9. The molecule has 4 nitrogen and oxygen atoms in total. The Kier molecular flexibility index (Phi) is 10.3. The summed E-state index contributed by atoms with van der Waals surface area (Å²) < 4.78 is 4.56. The van der Waals surface area contributed by atoms with Gasteiger partial charge in [0.2, 0.25) is 0 Å². The molecule has 1 fully saturated rings. The van der Waals surface area contributed by atoms with E-state index in [1.54, 1.807) is 12.2 Å². The lowest BCUT2D eigenvalue weighted by Gasteiger charge is -2.12. The summed E-state index contributed by atoms with van der Waals surface area (Å²) in [5.74, 6) is 0.214. The number of hydrogen-bond donors (Lipinski definition) is 2. The smallest absolute Gasteiger partial charge is 0.305 e. The third kappa shape index (κ3) is 9.36. The lowest BCUT2D eigenvalue weighted by molar-refractivity contribution is -0.140. The number of hydrogen-bond acceptors (Lipinski definition) is 4. The van der Waals surface area contributed by atoms with Crippen molar-refractivity contribution in [3.63, 3.8) is 0 Å². The van der Waals surface area contributed by atoms with E-state index in [9.17, 15) is 15.0 Å². The summed E-state index contributed by atoms with van der Waals surface area (Å²) >= 11 is 0. The molecule has 0 bridgehead atoms. The summed E-state index contributed by atoms with van der Waals surface area (Å²) in [6.07, 6.45) is 17.4. The van der Waals surface area contributed by atoms with Crippen LogP contribution in [0, 0.1) is 5.92 Å². The van der Waals surface area contributed by atoms with Crippen molar-refractivity contribution in [2.75, 3.05) is 7.11 Å². The third-order valence-corrected chi connectivity index (χ3v) is 4.22. The maximum atomic E-state index is 10.9. The molecule has 1 rings (SSSR count). The van der Waals surface area contributed by atoms with E-state index < -0.39 is 6.10 Å². The number of methoxy groups -OCH3 is 1. The van der Waals surface area contributed by atoms with Crippen molar-refractivity contribution in [2.24, 2.45) is 5.92 Å². The van der Waals surface area contributed by atoms with Crippen molar-refractivity contribution in [1.82, 2.24) is 0 Å². The zero-order chi connectivity index (χ0) is 16.9. The first-order valence-corrected chi connectivity index (χ1v) is 8.58. The van der Waals surface area contributed by atoms with Crippen LogP contribution in [0.25, 0.3) is 0 Å². The summed E-state index contributed by atoms with van der Waals surface area (Å²) in [6.45, 7) is 0. The summed E-state index contributed by atoms with van der Waals surface area (Å²) in [7, 11) is 1.38. The van der Waals surface area contributed by atoms with Gasteiger partial charge in [0.05, 0.1) is 19.3 Å². The molecular formula is C19H30O4. The van der Waals surface area contributed by atoms with Crippen molar-refractivity contribution in [1.29, 1.82) is 0 Å². The van der Waals surface area contributed by atoms with Crippen LogP contribution in [-0.2, 0) is 9.53 Å². The standard InChI is InChI=1S/C19H30O4/c1-23-19(22)15-9-8-13-17(20)12-4-2-3-5-14-18(21)16-10-6-7-11-16/h2-5,12,14,16-18,20-21H,6-11,13,15H2,1H3/b3-2+,12-4-,14-5+. The van der Waals surface area contributed by atoms with E-state index in [1.165, 1.54) is 20.0 Å². The first-order chi connectivity index (χ1) is 11.1. The zero-order valence-corrected chi connectivity index (χ0v) is 14.1. The van der Waals surface area contributed by atoms with Gasteiger partial charge in [-0.05, 0) is 38.0 Å². The normalized spacial score (nSPS) is 19.1. The molecule has 0 radical (unpaired) electrons. The van der Waals surface area contributed by atoms with Crippen molar-refractivity contribution in [2.45, 2.75) is 63.6 Å². The van der Waals surface area contributed by atoms with Crippen LogP contribution in [-0.4, -0.2) is 35.5 Å². The lowest BCUT2D eigenvalue weighted by Crippen LogP contribution is -2.13. The van der Waals surface area contributed by atoms with E-state index in [1.807, 2.05) is 24.3 Å². The van der Waals surface area contributed by atoms with Gasteiger partial charge in [0.25, 0.3) is 0 Å². The molecule has 130 valence electrons. The average molecular weight is 322 g/mol. The van der Waals surface area contributed by atoms with Gasteiger partial charge in [-0.15, -0.1) is 0 Å². The van der Waals surface area contributed by atoms with Gasteiger partial charge in [-0.2, -0.15) is 0 Å². The van der Waals surface area contributed by atoms with Crippen molar-refractivity contribution < 1.29 is 19.7 Å². The van der Waals surface area contributed by atoms with Crippen LogP contribution in [0.2, 0.25) is 0 Å². The number of aliphatic hydroxyl groups is 2. The SMILES string of the molecule is COC(=O)CCCCC(O)\C=C/C=C/C=C/C(O)C1CCCC1. The monoisotopic (exact) mass is 322 g/mol. The Morgan fingerprint density at radius 1 is 1.09 bits per heavy atom. The van der Waals surface area contributed by atoms with Gasteiger partial charge in [0, 0.05) is 6.42 Å². The summed E-state index contributed by atoms with van der Waals surface area (Å²) in [5.41, 5.74) is 0. The fourth-order valence-electron chi connectivity index (χ4n) is 2.78. The van der Waals surface area contributed by atoms with Crippen molar-refractivity contribution >= 4 is 5.97 Å². The fraction of sp³-hybridized carbons (Fsp3) is 0.632. The minimum Gasteiger partial charge on any atom is -0.469 e. The number of allylic oxidation sites excluding steroid dienone is 4. The van der Waals surface area contributed by atoms with Crippen LogP contribution in [0.5, 0.6) is 0 Å². The first kappa shape index (κ1) is 19.7. The number of ether oxygens (including phenoxy) is 1. The molecule has 1 saturated carbocycles. The Morgan fingerprint density at radius 2 is 1.74 bits per heavy atom. The molecule has 0 saturated heterocycles. The highest BCUT2D eigenvalue weighted by Gasteiger charge is 2.20. The van der Waals surface area contributed by atoms with E-state index in [0.29, 0.717) is 18.8 Å². The van der Waals surface area contributed by atoms with E-state index >= 15 is 0 Å². The minimum absolute atomic E-state index is 0.204. The molecule has 2 atom stereocenters. The van der Waals surface area contributed by atoms with Crippen LogP contribution >= 0.6 is 0 Å². The summed E-state index contributed by atoms with van der Waals surface area (Å²) in [5, 5.41) is 19.7. The number of carbonyl (C=O) groups excluding carboxylic acids is 1. The molecule has 0 amide bonds. The maximum Gasteiger partial charge on any atom is 0.305 e. The van der Waals surface area contributed by atoms with Crippen molar-refractivity contribution in [3.05, 3.63) is 36.5 Å². The van der Waals surface area contributed by atoms with Gasteiger partial charge >= 0.3 is 5.97 Å². The Bertz CT molecular complexity index is 406. The van der Waals surface area contributed by atoms with E-state index in [-0.39, 0.29) is 12.1 Å². The maximum absolute atomic E-state index is 10.9. The second-order valence-corrected chi connectivity index (χ2v) is 6.08. The van der Waals surface area contributed by atoms with Gasteiger partial charge in [0.1, 0.15) is 0 Å². The molecule has 0 spiro atoms. The quantitative estimate of drug-likeness (QED) is 0.368. The molecule has 0 aromatic rings. The lowest BCUT2D eigenvalue weighted by atomic mass is 10.0. The zero-order valence-electron chi connectivity index (χ0n) is 14.1. The Balaban J connectivity index is 2.12. The largest absolute Gasteiger partial charge is 0.469 e. The van der Waals surface area contributed by atoms with Gasteiger partial charge in [-0.1, -0.05) is 49.3 Å². The number of carbonyl (C=O) groups is 1. The Hall–Kier alpha value is -1.39. The van der Waals surface area contributed by atoms with Gasteiger partial charge in [-0.25, -0.2) is 0 Å². The second-order valence-electron chi connectivity index (χ2n) is 6.08. The highest BCUT2D eigenvalue weighted by atomic mass is 16.5. The topological polar surface area (TPSA) is 66.8 Å². The molecule has 1 aliphatic carbocycles. The number of aliphatic hydroxyl groups excluding tert-OH is 2. The van der Waals surface area contributed by atoms with E-state index in [2.05, 4.69) is 4.74 Å². The first-order valence-electron chi connectivity index (χ1n) is 8.58. The second kappa shape index (κ2) is 12.1. The molecule has 23 heavy (non-hydrogen) atoms. The van der Waals surface area contributed by atoms with Crippen LogP contribution in [0.15, 0.2) is 36.5 Å². The molecule has 2 unspecified atom stereocenters. The third-order valence-electron chi connectivity index (χ3n) is 4.22. The van der Waals surface area contributed by atoms with E-state index in [4.69, 9.17) is 0 Å². The van der Waals surface area contributed by atoms with Gasteiger partial charge < -0.3 is 14.9 Å². The molecule has 0 heterocycles. The average Bonchev–Trinajstić information content (AvgIpc) is 3.08. The molecule has 1 aliphatic rings. The number of rotatable bonds is 10. The summed E-state index contributed by atoms with van der Waals surface area (Å²) in [6, 6.07) is 0. The molecule has 2 N–H and O–H groups in total. The molecule has 0 aromatic carbocycles. The predicted octanol–water partition coefficient (Wildman–Crippen LogP) is 3.30. The fourth-order valence-corrected chi connectivity index (χ4v) is 2.78. The van der Waals surface area contributed by atoms with Gasteiger partial charge in [-0.3, -0.25) is 4.79 Å². The molecular weight excluding hydrogens is 292 g/mol. The molecule has 0 aliphatic heterocycles. The number of unbranched alkanes of at least 4 members (excludes halogenated alkanes) is 1.